The van der Waals surface area contributed by atoms with Crippen molar-refractivity contribution < 1.29 is 4.79 Å². The fourth-order valence-corrected chi connectivity index (χ4v) is 1.39. The second kappa shape index (κ2) is 3.88. The summed E-state index contributed by atoms with van der Waals surface area (Å²) in [5.74, 6) is 0. The highest BCUT2D eigenvalue weighted by Crippen LogP contribution is 2.24. The van der Waals surface area contributed by atoms with Gasteiger partial charge in [0.1, 0.15) is 0 Å². The van der Waals surface area contributed by atoms with Gasteiger partial charge in [-0.15, -0.1) is 0 Å². The topological polar surface area (TPSA) is 20.3 Å². The third-order valence-corrected chi connectivity index (χ3v) is 2.01. The first-order valence-corrected chi connectivity index (χ1v) is 4.33. The van der Waals surface area contributed by atoms with Crippen LogP contribution in [0.3, 0.4) is 0 Å². The van der Waals surface area contributed by atoms with Crippen molar-refractivity contribution in [3.8, 4) is 0 Å². The van der Waals surface area contributed by atoms with Gasteiger partial charge in [-0.05, 0) is 12.1 Å². The van der Waals surface area contributed by atoms with Crippen molar-refractivity contribution in [3.63, 3.8) is 0 Å². The zero-order valence-electron chi connectivity index (χ0n) is 5.50. The largest absolute Gasteiger partial charge is 0.298 e. The third-order valence-electron chi connectivity index (χ3n) is 1.25. The molecule has 1 aromatic rings. The lowest BCUT2D eigenvalue weighted by Crippen LogP contribution is -1.94. The standard InChI is InChI=1S/C7H5Br2NO/c8-10(9)7-4-2-1-3-6(7)5-11/h1-5H. The zero-order valence-corrected chi connectivity index (χ0v) is 8.67. The van der Waals surface area contributed by atoms with Crippen molar-refractivity contribution in [1.29, 1.82) is 0 Å². The Labute approximate surface area is 81.9 Å². The summed E-state index contributed by atoms with van der Waals surface area (Å²) < 4.78 is 1.55. The van der Waals surface area contributed by atoms with Crippen molar-refractivity contribution in [2.24, 2.45) is 0 Å². The summed E-state index contributed by atoms with van der Waals surface area (Å²) in [6.07, 6.45) is 0.810. The lowest BCUT2D eigenvalue weighted by molar-refractivity contribution is 0.112. The predicted molar refractivity (Wildman–Crippen MR) is 52.2 cm³/mol. The minimum atomic E-state index is 0.640. The van der Waals surface area contributed by atoms with E-state index in [0.717, 1.165) is 12.0 Å². The van der Waals surface area contributed by atoms with E-state index < -0.39 is 0 Å². The normalized spacial score (nSPS) is 9.27. The van der Waals surface area contributed by atoms with Crippen LogP contribution in [0.1, 0.15) is 10.4 Å². The van der Waals surface area contributed by atoms with Gasteiger partial charge in [0.15, 0.2) is 6.29 Å². The highest BCUT2D eigenvalue weighted by atomic mass is 79.9. The van der Waals surface area contributed by atoms with E-state index in [1.807, 2.05) is 18.2 Å². The van der Waals surface area contributed by atoms with Crippen LogP contribution in [0.2, 0.25) is 0 Å². The van der Waals surface area contributed by atoms with Crippen LogP contribution in [-0.2, 0) is 0 Å². The molecule has 11 heavy (non-hydrogen) atoms. The Bertz CT molecular complexity index is 262. The minimum Gasteiger partial charge on any atom is -0.298 e. The maximum Gasteiger partial charge on any atom is 0.152 e. The molecule has 2 nitrogen and oxygen atoms in total. The summed E-state index contributed by atoms with van der Waals surface area (Å²) >= 11 is 6.33. The third kappa shape index (κ3) is 2.04. The average molecular weight is 279 g/mol. The molecular formula is C7H5Br2NO. The van der Waals surface area contributed by atoms with Crippen molar-refractivity contribution in [3.05, 3.63) is 29.8 Å². The van der Waals surface area contributed by atoms with E-state index in [9.17, 15) is 4.79 Å². The average Bonchev–Trinajstić information content (AvgIpc) is 2.04. The van der Waals surface area contributed by atoms with Crippen LogP contribution in [-0.4, -0.2) is 6.29 Å². The molecule has 0 saturated carbocycles. The Morgan fingerprint density at radius 2 is 1.91 bits per heavy atom. The monoisotopic (exact) mass is 277 g/mol. The molecule has 58 valence electrons. The smallest absolute Gasteiger partial charge is 0.152 e. The number of rotatable bonds is 2. The number of anilines is 1. The molecule has 0 saturated heterocycles. The highest BCUT2D eigenvalue weighted by Gasteiger charge is 2.03. The Balaban J connectivity index is 3.12. The number of hydrogen-bond donors (Lipinski definition) is 0. The molecule has 0 aliphatic rings. The van der Waals surface area contributed by atoms with E-state index in [-0.39, 0.29) is 0 Å². The molecule has 0 amide bonds. The van der Waals surface area contributed by atoms with Crippen molar-refractivity contribution >= 4 is 44.3 Å². The summed E-state index contributed by atoms with van der Waals surface area (Å²) in [7, 11) is 0. The van der Waals surface area contributed by atoms with Crippen molar-refractivity contribution in [1.82, 2.24) is 0 Å². The minimum absolute atomic E-state index is 0.640. The van der Waals surface area contributed by atoms with E-state index in [4.69, 9.17) is 0 Å². The van der Waals surface area contributed by atoms with E-state index in [1.165, 1.54) is 0 Å². The molecule has 4 heteroatoms. The molecular weight excluding hydrogens is 274 g/mol. The summed E-state index contributed by atoms with van der Waals surface area (Å²) in [5, 5.41) is 0. The van der Waals surface area contributed by atoms with Gasteiger partial charge < -0.3 is 0 Å². The number of para-hydroxylation sites is 1. The van der Waals surface area contributed by atoms with Gasteiger partial charge in [0.05, 0.1) is 38.0 Å². The SMILES string of the molecule is O=Cc1ccccc1N(Br)Br. The van der Waals surface area contributed by atoms with Gasteiger partial charge in [-0.25, -0.2) is 2.95 Å². The van der Waals surface area contributed by atoms with Crippen molar-refractivity contribution in [2.45, 2.75) is 0 Å². The first kappa shape index (κ1) is 8.74. The molecule has 0 unspecified atom stereocenters. The number of nitrogens with zero attached hydrogens (tertiary/aromatic N) is 1. The number of benzene rings is 1. The Hall–Kier alpha value is -0.350. The van der Waals surface area contributed by atoms with E-state index in [0.29, 0.717) is 5.56 Å². The number of aldehydes is 1. The molecule has 0 spiro atoms. The van der Waals surface area contributed by atoms with Crippen LogP contribution in [0.25, 0.3) is 0 Å². The second-order valence-corrected chi connectivity index (χ2v) is 4.28. The number of carbonyl (C=O) groups is 1. The molecule has 0 heterocycles. The lowest BCUT2D eigenvalue weighted by Gasteiger charge is -2.07. The van der Waals surface area contributed by atoms with E-state index in [1.54, 1.807) is 9.02 Å². The number of carbonyl (C=O) groups excluding carboxylic acids is 1. The molecule has 0 aliphatic carbocycles. The number of halogens is 2. The van der Waals surface area contributed by atoms with Gasteiger partial charge >= 0.3 is 0 Å². The van der Waals surface area contributed by atoms with Crippen molar-refractivity contribution in [2.75, 3.05) is 2.95 Å². The molecule has 0 radical (unpaired) electrons. The van der Waals surface area contributed by atoms with Gasteiger partial charge in [0.2, 0.25) is 0 Å². The van der Waals surface area contributed by atoms with Gasteiger partial charge in [-0.3, -0.25) is 4.79 Å². The fraction of sp³-hybridized carbons (Fsp3) is 0. The van der Waals surface area contributed by atoms with Crippen LogP contribution in [0.4, 0.5) is 5.69 Å². The van der Waals surface area contributed by atoms with Gasteiger partial charge in [0.25, 0.3) is 0 Å². The molecule has 0 aromatic heterocycles. The first-order chi connectivity index (χ1) is 5.25. The summed E-state index contributed by atoms with van der Waals surface area (Å²) in [4.78, 5) is 10.5. The molecule has 0 bridgehead atoms. The first-order valence-electron chi connectivity index (χ1n) is 2.91. The summed E-state index contributed by atoms with van der Waals surface area (Å²) in [6.45, 7) is 0. The molecule has 0 N–H and O–H groups in total. The lowest BCUT2D eigenvalue weighted by atomic mass is 10.2. The van der Waals surface area contributed by atoms with Gasteiger partial charge in [-0.2, -0.15) is 0 Å². The van der Waals surface area contributed by atoms with Gasteiger partial charge in [0, 0.05) is 5.56 Å². The molecule has 0 aliphatic heterocycles. The molecule has 0 atom stereocenters. The molecule has 0 fully saturated rings. The van der Waals surface area contributed by atoms with E-state index in [2.05, 4.69) is 32.3 Å². The quantitative estimate of drug-likeness (QED) is 0.612. The Kier molecular flexibility index (Phi) is 3.08. The maximum atomic E-state index is 10.5. The Morgan fingerprint density at radius 3 is 2.36 bits per heavy atom. The second-order valence-electron chi connectivity index (χ2n) is 1.91. The van der Waals surface area contributed by atoms with E-state index >= 15 is 0 Å². The highest BCUT2D eigenvalue weighted by molar-refractivity contribution is 9.25. The van der Waals surface area contributed by atoms with Crippen LogP contribution in [0, 0.1) is 0 Å². The van der Waals surface area contributed by atoms with Crippen LogP contribution in [0.5, 0.6) is 0 Å². The summed E-state index contributed by atoms with van der Waals surface area (Å²) in [5.41, 5.74) is 1.43. The van der Waals surface area contributed by atoms with Crippen LogP contribution < -0.4 is 2.95 Å². The van der Waals surface area contributed by atoms with Crippen LogP contribution >= 0.6 is 32.3 Å². The summed E-state index contributed by atoms with van der Waals surface area (Å²) in [6, 6.07) is 7.25. The van der Waals surface area contributed by atoms with Gasteiger partial charge in [-0.1, -0.05) is 12.1 Å². The fourth-order valence-electron chi connectivity index (χ4n) is 0.741. The van der Waals surface area contributed by atoms with Crippen LogP contribution in [0.15, 0.2) is 24.3 Å². The molecule has 1 rings (SSSR count). The zero-order chi connectivity index (χ0) is 8.27. The number of hydrogen-bond acceptors (Lipinski definition) is 2. The molecule has 1 aromatic carbocycles. The predicted octanol–water partition coefficient (Wildman–Crippen LogP) is 2.93. The maximum absolute atomic E-state index is 10.5. The Morgan fingerprint density at radius 1 is 1.27 bits per heavy atom.